The zero-order chi connectivity index (χ0) is 35.3. The van der Waals surface area contributed by atoms with Gasteiger partial charge < -0.3 is 14.2 Å². The fourth-order valence-electron chi connectivity index (χ4n) is 2.96. The summed E-state index contributed by atoms with van der Waals surface area (Å²) in [6, 6.07) is 18.1. The zero-order valence-electron chi connectivity index (χ0n) is 28.3. The molecule has 0 aliphatic heterocycles. The average Bonchev–Trinajstić information content (AvgIpc) is 2.94. The summed E-state index contributed by atoms with van der Waals surface area (Å²) >= 11 is 11.5. The fourth-order valence-corrected chi connectivity index (χ4v) is 3.30. The molecule has 0 heterocycles. The van der Waals surface area contributed by atoms with E-state index in [4.69, 9.17) is 37.4 Å². The predicted molar refractivity (Wildman–Crippen MR) is 200 cm³/mol. The molecule has 0 unspecified atom stereocenters. The van der Waals surface area contributed by atoms with Crippen LogP contribution in [0.25, 0.3) is 0 Å². The van der Waals surface area contributed by atoms with Crippen molar-refractivity contribution < 1.29 is 42.1 Å². The maximum atomic E-state index is 13.2. The van der Waals surface area contributed by atoms with Crippen LogP contribution in [0, 0.1) is 27.9 Å². The van der Waals surface area contributed by atoms with Gasteiger partial charge in [0.15, 0.2) is 0 Å². The van der Waals surface area contributed by atoms with Crippen LogP contribution in [0.1, 0.15) is 101 Å². The maximum absolute atomic E-state index is 13.2. The number of hydrogen-bond acceptors (Lipinski definition) is 6. The third-order valence-electron chi connectivity index (χ3n) is 5.79. The minimum atomic E-state index is -0.707. The monoisotopic (exact) mass is 748 g/mol. The summed E-state index contributed by atoms with van der Waals surface area (Å²) < 4.78 is 41.5. The van der Waals surface area contributed by atoms with Gasteiger partial charge in [-0.25, -0.2) is 8.78 Å². The van der Waals surface area contributed by atoms with E-state index in [9.17, 15) is 23.2 Å². The van der Waals surface area contributed by atoms with Gasteiger partial charge in [-0.1, -0.05) is 75.8 Å². The second-order valence-electron chi connectivity index (χ2n) is 13.4. The summed E-state index contributed by atoms with van der Waals surface area (Å²) in [7, 11) is 0. The Labute approximate surface area is 308 Å². The first-order valence-electron chi connectivity index (χ1n) is 14.5. The minimum absolute atomic E-state index is 0. The van der Waals surface area contributed by atoms with E-state index < -0.39 is 33.8 Å². The average molecular weight is 750 g/mol. The Morgan fingerprint density at radius 2 is 0.900 bits per heavy atom. The maximum Gasteiger partial charge on any atom is 0.311 e. The van der Waals surface area contributed by atoms with Gasteiger partial charge in [-0.15, -0.1) is 0 Å². The molecule has 0 N–H and O–H groups in total. The first kappa shape index (κ1) is 53.2. The lowest BCUT2D eigenvalue weighted by molar-refractivity contribution is -0.155. The second-order valence-corrected chi connectivity index (χ2v) is 14.3. The van der Waals surface area contributed by atoms with Crippen LogP contribution in [0.3, 0.4) is 0 Å². The molecule has 0 saturated heterocycles. The third-order valence-corrected chi connectivity index (χ3v) is 6.28. The lowest BCUT2D eigenvalue weighted by Gasteiger charge is -2.16. The number of halogens is 5. The highest BCUT2D eigenvalue weighted by Gasteiger charge is 2.25. The van der Waals surface area contributed by atoms with Crippen LogP contribution >= 0.6 is 23.2 Å². The van der Waals surface area contributed by atoms with Crippen molar-refractivity contribution in [2.24, 2.45) is 16.2 Å². The smallest absolute Gasteiger partial charge is 0.311 e. The quantitative estimate of drug-likeness (QED) is 0.184. The van der Waals surface area contributed by atoms with Crippen LogP contribution in [0.4, 0.5) is 13.5 Å². The molecule has 0 fully saturated rings. The van der Waals surface area contributed by atoms with Gasteiger partial charge in [0.25, 0.3) is 0 Å². The molecule has 0 spiro atoms. The molecule has 6 nitrogen and oxygen atoms in total. The number of rotatable bonds is 6. The number of benzene rings is 3. The predicted octanol–water partition coefficient (Wildman–Crippen LogP) is 12.0. The summed E-state index contributed by atoms with van der Waals surface area (Å²) in [4.78, 5) is 34.3. The van der Waals surface area contributed by atoms with Crippen LogP contribution in [-0.4, -0.2) is 17.9 Å². The van der Waals surface area contributed by atoms with Crippen LogP contribution in [-0.2, 0) is 48.4 Å². The summed E-state index contributed by atoms with van der Waals surface area (Å²) in [6.07, 6.45) is 0. The van der Waals surface area contributed by atoms with Gasteiger partial charge in [0.2, 0.25) is 0 Å². The zero-order valence-corrected chi connectivity index (χ0v) is 29.9. The number of hydrogen-bond donors (Lipinski definition) is 0. The summed E-state index contributed by atoms with van der Waals surface area (Å²) in [5.41, 5.74) is 0.0319. The first-order valence-corrected chi connectivity index (χ1v) is 15.3. The Morgan fingerprint density at radius 1 is 0.540 bits per heavy atom. The Bertz CT molecular complexity index is 1420. The molecule has 0 saturated carbocycles. The Morgan fingerprint density at radius 3 is 1.28 bits per heavy atom. The van der Waals surface area contributed by atoms with Gasteiger partial charge in [0.05, 0.1) is 21.8 Å². The number of carbonyl (C=O) groups excluding carboxylic acids is 3. The van der Waals surface area contributed by atoms with E-state index in [1.807, 2.05) is 65.8 Å². The Kier molecular flexibility index (Phi) is 25.3. The molecule has 0 amide bonds. The summed E-state index contributed by atoms with van der Waals surface area (Å²) in [5.74, 6) is -2.31. The third kappa shape index (κ3) is 20.8. The molecule has 284 valence electrons. The Hall–Kier alpha value is -3.56. The lowest BCUT2D eigenvalue weighted by Crippen LogP contribution is -2.23. The number of ether oxygens (including phenoxy) is 3. The van der Waals surface area contributed by atoms with Crippen LogP contribution in [0.5, 0.6) is 0 Å². The van der Waals surface area contributed by atoms with E-state index in [-0.39, 0.29) is 57.7 Å². The lowest BCUT2D eigenvalue weighted by atomic mass is 9.97. The molecule has 0 aliphatic rings. The van der Waals surface area contributed by atoms with Crippen molar-refractivity contribution in [1.82, 2.24) is 0 Å². The number of esters is 3. The van der Waals surface area contributed by atoms with E-state index >= 15 is 0 Å². The van der Waals surface area contributed by atoms with Crippen LogP contribution in [0.15, 0.2) is 66.7 Å². The van der Waals surface area contributed by atoms with Gasteiger partial charge in [-0.05, 0) is 110 Å². The van der Waals surface area contributed by atoms with Gasteiger partial charge in [0, 0.05) is 10.0 Å². The second kappa shape index (κ2) is 23.8. The largest absolute Gasteiger partial charge is 0.460 e. The molecule has 11 heteroatoms. The first-order chi connectivity index (χ1) is 21.1. The highest BCUT2D eigenvalue weighted by molar-refractivity contribution is 6.30. The van der Waals surface area contributed by atoms with Crippen molar-refractivity contribution in [1.29, 1.82) is 0 Å². The van der Waals surface area contributed by atoms with Crippen molar-refractivity contribution in [3.63, 3.8) is 0 Å². The van der Waals surface area contributed by atoms with Crippen molar-refractivity contribution >= 4 is 41.1 Å². The molecule has 50 heavy (non-hydrogen) atoms. The molecule has 0 atom stereocenters. The normalized spacial score (nSPS) is 10.3. The van der Waals surface area contributed by atoms with Crippen molar-refractivity contribution in [3.05, 3.63) is 105 Å². The van der Waals surface area contributed by atoms with Crippen molar-refractivity contribution in [2.75, 3.05) is 0 Å². The standard InChI is InChI=1S/2C12H15ClO2.C12H14F2O2.3CH4.FH/c1-12(2,3)11(14)15-8-9-4-6-10(13)7-5-9;1-12(2,3)11(14)15-8-9-5-4-6-10(13)7-9;1-12(2,3)11(15)16-7-8-9(13)5-4-6-10(8)14;;;;/h2*4-7H,8H2,1-3H3;4-6H,7H2,1-3H3;3*1H4;1H. The highest BCUT2D eigenvalue weighted by Crippen LogP contribution is 2.20. The highest BCUT2D eigenvalue weighted by atomic mass is 35.5. The van der Waals surface area contributed by atoms with Crippen molar-refractivity contribution in [3.8, 4) is 0 Å². The van der Waals surface area contributed by atoms with E-state index in [0.717, 1.165) is 23.3 Å². The molecule has 3 aromatic rings. The number of carbonyl (C=O) groups is 3. The molecule has 0 bridgehead atoms. The molecule has 3 aromatic carbocycles. The van der Waals surface area contributed by atoms with Gasteiger partial charge in [-0.2, -0.15) is 0 Å². The summed E-state index contributed by atoms with van der Waals surface area (Å²) in [5, 5.41) is 1.33. The molecular formula is C39H57Cl2F3O6. The molecular weight excluding hydrogens is 692 g/mol. The van der Waals surface area contributed by atoms with Crippen LogP contribution < -0.4 is 0 Å². The molecule has 3 rings (SSSR count). The topological polar surface area (TPSA) is 78.9 Å². The SMILES string of the molecule is C.C.C.CC(C)(C)C(=O)OCc1c(F)cccc1F.CC(C)(C)C(=O)OCc1ccc(Cl)cc1.CC(C)(C)C(=O)OCc1cccc(Cl)c1.F. The van der Waals surface area contributed by atoms with Crippen LogP contribution in [0.2, 0.25) is 10.0 Å². The molecule has 0 aliphatic carbocycles. The van der Waals surface area contributed by atoms with E-state index in [0.29, 0.717) is 16.7 Å². The van der Waals surface area contributed by atoms with E-state index in [2.05, 4.69) is 0 Å². The van der Waals surface area contributed by atoms with Gasteiger partial charge in [0.1, 0.15) is 31.5 Å². The van der Waals surface area contributed by atoms with Crippen molar-refractivity contribution in [2.45, 2.75) is 104 Å². The molecule has 0 radical (unpaired) electrons. The minimum Gasteiger partial charge on any atom is -0.460 e. The van der Waals surface area contributed by atoms with E-state index in [1.54, 1.807) is 45.0 Å². The molecule has 0 aromatic heterocycles. The Balaban J connectivity index is -0.000000305. The van der Waals surface area contributed by atoms with Gasteiger partial charge >= 0.3 is 17.9 Å². The van der Waals surface area contributed by atoms with E-state index in [1.165, 1.54) is 6.07 Å². The van der Waals surface area contributed by atoms with Gasteiger partial charge in [-0.3, -0.25) is 19.1 Å². The fraction of sp³-hybridized carbons (Fsp3) is 0.462. The summed E-state index contributed by atoms with van der Waals surface area (Å²) in [6.45, 7) is 16.2.